The highest BCUT2D eigenvalue weighted by atomic mass is 32.1. The van der Waals surface area contributed by atoms with E-state index in [0.29, 0.717) is 16.5 Å². The topological polar surface area (TPSA) is 74.9 Å². The Balaban J connectivity index is 1.60. The highest BCUT2D eigenvalue weighted by molar-refractivity contribution is 7.17. The fourth-order valence-electron chi connectivity index (χ4n) is 3.43. The summed E-state index contributed by atoms with van der Waals surface area (Å²) in [7, 11) is 0. The second kappa shape index (κ2) is 6.71. The number of nitrogens with zero attached hydrogens (tertiary/aromatic N) is 2. The first-order valence-electron chi connectivity index (χ1n) is 8.49. The molecule has 0 saturated carbocycles. The van der Waals surface area contributed by atoms with Gasteiger partial charge in [-0.2, -0.15) is 5.26 Å². The van der Waals surface area contributed by atoms with Crippen molar-refractivity contribution in [3.63, 3.8) is 0 Å². The average Bonchev–Trinajstić information content (AvgIpc) is 3.11. The number of fused-ring (bicyclic) bond motifs is 2. The molecule has 0 saturated heterocycles. The molecule has 0 spiro atoms. The molecule has 2 aromatic heterocycles. The van der Waals surface area contributed by atoms with Crippen LogP contribution in [0.2, 0.25) is 0 Å². The molecule has 1 aromatic carbocycles. The molecule has 1 atom stereocenters. The standard InChI is InChI=1S/C19H17N3O2S2/c1-11-6-7-12-13(9-20)18(25-16(12)8-11)21-17(23)10-22-14-4-2-3-5-15(14)26-19(22)24/h2-5,11H,6-8,10H2,1H3,(H,21,23)/t11-/m0/s1. The van der Waals surface area contributed by atoms with Crippen molar-refractivity contribution in [2.75, 3.05) is 5.32 Å². The van der Waals surface area contributed by atoms with Crippen molar-refractivity contribution in [2.45, 2.75) is 32.7 Å². The number of anilines is 1. The Hall–Kier alpha value is -2.43. The van der Waals surface area contributed by atoms with Crippen LogP contribution in [0.15, 0.2) is 29.1 Å². The molecule has 5 nitrogen and oxygen atoms in total. The smallest absolute Gasteiger partial charge is 0.308 e. The maximum absolute atomic E-state index is 12.6. The summed E-state index contributed by atoms with van der Waals surface area (Å²) in [6, 6.07) is 9.69. The normalized spacial score (nSPS) is 16.2. The minimum atomic E-state index is -0.279. The van der Waals surface area contributed by atoms with Crippen molar-refractivity contribution in [1.29, 1.82) is 5.26 Å². The number of amides is 1. The first-order valence-corrected chi connectivity index (χ1v) is 10.1. The van der Waals surface area contributed by atoms with E-state index in [1.807, 2.05) is 24.3 Å². The zero-order valence-corrected chi connectivity index (χ0v) is 15.9. The van der Waals surface area contributed by atoms with Crippen LogP contribution in [0.5, 0.6) is 0 Å². The predicted molar refractivity (Wildman–Crippen MR) is 105 cm³/mol. The van der Waals surface area contributed by atoms with E-state index < -0.39 is 0 Å². The fraction of sp³-hybridized carbons (Fsp3) is 0.316. The summed E-state index contributed by atoms with van der Waals surface area (Å²) in [6.45, 7) is 2.16. The minimum Gasteiger partial charge on any atom is -0.315 e. The van der Waals surface area contributed by atoms with Crippen LogP contribution in [0.1, 0.15) is 29.3 Å². The first-order chi connectivity index (χ1) is 12.6. The van der Waals surface area contributed by atoms with Crippen LogP contribution in [0.3, 0.4) is 0 Å². The van der Waals surface area contributed by atoms with Crippen molar-refractivity contribution in [3.8, 4) is 6.07 Å². The number of benzene rings is 1. The molecule has 0 bridgehead atoms. The van der Waals surface area contributed by atoms with Gasteiger partial charge in [0.15, 0.2) is 0 Å². The summed E-state index contributed by atoms with van der Waals surface area (Å²) in [5.74, 6) is 0.325. The molecule has 2 heterocycles. The van der Waals surface area contributed by atoms with Crippen LogP contribution >= 0.6 is 22.7 Å². The highest BCUT2D eigenvalue weighted by Gasteiger charge is 2.24. The predicted octanol–water partition coefficient (Wildman–Crippen LogP) is 3.76. The monoisotopic (exact) mass is 383 g/mol. The van der Waals surface area contributed by atoms with E-state index in [0.717, 1.165) is 46.4 Å². The number of carbonyl (C=O) groups is 1. The van der Waals surface area contributed by atoms with Gasteiger partial charge in [-0.05, 0) is 42.9 Å². The summed E-state index contributed by atoms with van der Waals surface area (Å²) in [4.78, 5) is 25.8. The van der Waals surface area contributed by atoms with Gasteiger partial charge >= 0.3 is 4.87 Å². The number of nitriles is 1. The van der Waals surface area contributed by atoms with E-state index in [2.05, 4.69) is 18.3 Å². The number of para-hydroxylation sites is 1. The zero-order chi connectivity index (χ0) is 18.3. The summed E-state index contributed by atoms with van der Waals surface area (Å²) in [5, 5.41) is 13.0. The lowest BCUT2D eigenvalue weighted by Gasteiger charge is -2.17. The van der Waals surface area contributed by atoms with Crippen molar-refractivity contribution in [2.24, 2.45) is 5.92 Å². The van der Waals surface area contributed by atoms with Crippen LogP contribution in [0, 0.1) is 17.2 Å². The van der Waals surface area contributed by atoms with Gasteiger partial charge in [-0.3, -0.25) is 14.2 Å². The maximum Gasteiger partial charge on any atom is 0.308 e. The third-order valence-corrected chi connectivity index (χ3v) is 6.88. The lowest BCUT2D eigenvalue weighted by atomic mass is 9.89. The van der Waals surface area contributed by atoms with Crippen LogP contribution in [-0.4, -0.2) is 10.5 Å². The average molecular weight is 383 g/mol. The van der Waals surface area contributed by atoms with Crippen LogP contribution in [-0.2, 0) is 24.2 Å². The van der Waals surface area contributed by atoms with Crippen LogP contribution in [0.4, 0.5) is 5.00 Å². The van der Waals surface area contributed by atoms with Gasteiger partial charge in [-0.15, -0.1) is 11.3 Å². The van der Waals surface area contributed by atoms with Gasteiger partial charge in [0, 0.05) is 4.88 Å². The van der Waals surface area contributed by atoms with Crippen molar-refractivity contribution in [1.82, 2.24) is 4.57 Å². The molecule has 0 aliphatic heterocycles. The molecule has 0 fully saturated rings. The molecular formula is C19H17N3O2S2. The van der Waals surface area contributed by atoms with Gasteiger partial charge in [-0.25, -0.2) is 0 Å². The van der Waals surface area contributed by atoms with E-state index >= 15 is 0 Å². The Morgan fingerprint density at radius 2 is 2.19 bits per heavy atom. The first kappa shape index (κ1) is 17.0. The Labute approximate surface area is 158 Å². The SMILES string of the molecule is C[C@H]1CCc2c(sc(NC(=O)Cn3c(=O)sc4ccccc43)c2C#N)C1. The quantitative estimate of drug-likeness (QED) is 0.748. The summed E-state index contributed by atoms with van der Waals surface area (Å²) < 4.78 is 2.35. The molecule has 7 heteroatoms. The second-order valence-electron chi connectivity index (χ2n) is 6.64. The lowest BCUT2D eigenvalue weighted by Crippen LogP contribution is -2.24. The van der Waals surface area contributed by atoms with Gasteiger partial charge in [0.2, 0.25) is 5.91 Å². The van der Waals surface area contributed by atoms with Gasteiger partial charge in [0.25, 0.3) is 0 Å². The largest absolute Gasteiger partial charge is 0.315 e. The molecule has 1 amide bonds. The Morgan fingerprint density at radius 3 is 3.00 bits per heavy atom. The van der Waals surface area contributed by atoms with Gasteiger partial charge in [0.05, 0.1) is 15.8 Å². The van der Waals surface area contributed by atoms with Gasteiger partial charge in [-0.1, -0.05) is 30.4 Å². The number of carbonyl (C=O) groups excluding carboxylic acids is 1. The van der Waals surface area contributed by atoms with Crippen molar-refractivity contribution < 1.29 is 4.79 Å². The van der Waals surface area contributed by atoms with E-state index in [-0.39, 0.29) is 17.3 Å². The maximum atomic E-state index is 12.6. The number of rotatable bonds is 3. The van der Waals surface area contributed by atoms with E-state index in [1.165, 1.54) is 20.8 Å². The number of thiophene rings is 1. The highest BCUT2D eigenvalue weighted by Crippen LogP contribution is 2.39. The summed E-state index contributed by atoms with van der Waals surface area (Å²) in [6.07, 6.45) is 2.92. The van der Waals surface area contributed by atoms with Crippen LogP contribution in [0.25, 0.3) is 10.2 Å². The molecular weight excluding hydrogens is 366 g/mol. The zero-order valence-electron chi connectivity index (χ0n) is 14.2. The molecule has 0 unspecified atom stereocenters. The molecule has 3 aromatic rings. The number of aromatic nitrogens is 1. The van der Waals surface area contributed by atoms with Gasteiger partial charge in [0.1, 0.15) is 17.6 Å². The van der Waals surface area contributed by atoms with Gasteiger partial charge < -0.3 is 5.32 Å². The summed E-state index contributed by atoms with van der Waals surface area (Å²) in [5.41, 5.74) is 2.44. The fourth-order valence-corrected chi connectivity index (χ4v) is 5.70. The molecule has 1 aliphatic rings. The second-order valence-corrected chi connectivity index (χ2v) is 8.74. The molecule has 132 valence electrons. The third kappa shape index (κ3) is 2.96. The molecule has 4 rings (SSSR count). The van der Waals surface area contributed by atoms with E-state index in [9.17, 15) is 14.9 Å². The van der Waals surface area contributed by atoms with Crippen molar-refractivity contribution in [3.05, 3.63) is 49.9 Å². The van der Waals surface area contributed by atoms with Crippen LogP contribution < -0.4 is 10.2 Å². The third-order valence-electron chi connectivity index (χ3n) is 4.75. The Kier molecular flexibility index (Phi) is 4.39. The number of hydrogen-bond donors (Lipinski definition) is 1. The number of thiazole rings is 1. The van der Waals surface area contributed by atoms with E-state index in [4.69, 9.17) is 0 Å². The number of nitrogens with one attached hydrogen (secondary N) is 1. The Morgan fingerprint density at radius 1 is 1.38 bits per heavy atom. The van der Waals surface area contributed by atoms with Crippen molar-refractivity contribution >= 4 is 43.8 Å². The minimum absolute atomic E-state index is 0.0489. The molecule has 0 radical (unpaired) electrons. The number of hydrogen-bond acceptors (Lipinski definition) is 5. The molecule has 1 N–H and O–H groups in total. The lowest BCUT2D eigenvalue weighted by molar-refractivity contribution is -0.116. The van der Waals surface area contributed by atoms with E-state index in [1.54, 1.807) is 0 Å². The summed E-state index contributed by atoms with van der Waals surface area (Å²) >= 11 is 2.63. The molecule has 26 heavy (non-hydrogen) atoms. The Bertz CT molecular complexity index is 1100. The molecule has 1 aliphatic carbocycles.